The lowest BCUT2D eigenvalue weighted by Crippen LogP contribution is -2.12. The third kappa shape index (κ3) is 5.91. The van der Waals surface area contributed by atoms with Crippen LogP contribution in [-0.2, 0) is 5.41 Å². The molecule has 0 saturated carbocycles. The molecule has 2 nitrogen and oxygen atoms in total. The molecule has 0 aliphatic rings. The fraction of sp³-hybridized carbons (Fsp3) is 0.0741. The van der Waals surface area contributed by atoms with Crippen LogP contribution >= 0.6 is 0 Å². The van der Waals surface area contributed by atoms with Gasteiger partial charge in [-0.3, -0.25) is 0 Å². The zero-order chi connectivity index (χ0) is 37.8. The number of rotatable bonds is 6. The van der Waals surface area contributed by atoms with Gasteiger partial charge in [-0.25, -0.2) is 0 Å². The minimum Gasteiger partial charge on any atom is -0.455 e. The molecular weight excluding hydrogens is 679 g/mol. The molecule has 0 amide bonds. The molecule has 0 aliphatic heterocycles. The van der Waals surface area contributed by atoms with Crippen LogP contribution in [0.3, 0.4) is 0 Å². The number of fused-ring (bicyclic) bond motifs is 5. The third-order valence-corrected chi connectivity index (χ3v) is 11.2. The average Bonchev–Trinajstić information content (AvgIpc) is 3.63. The standard InChI is InChI=1S/C54H41NO/c1-54(2,3)42-29-34-47-41(35-42)13-9-19-51(47)55(44-32-27-40(28-33-44)48-17-10-18-50-49-15-6-7-20-52(49)56-53(48)50)43-30-25-37(26-31-43)36-21-23-39(24-22-36)46-16-8-12-38-11-4-5-14-45(38)46/h4-35H,1-3H3. The Balaban J connectivity index is 1.04. The Kier molecular flexibility index (Phi) is 8.08. The summed E-state index contributed by atoms with van der Waals surface area (Å²) < 4.78 is 6.42. The molecule has 0 aliphatic carbocycles. The molecule has 268 valence electrons. The maximum Gasteiger partial charge on any atom is 0.143 e. The Labute approximate surface area is 327 Å². The lowest BCUT2D eigenvalue weighted by molar-refractivity contribution is 0.591. The van der Waals surface area contributed by atoms with Crippen LogP contribution in [-0.4, -0.2) is 0 Å². The van der Waals surface area contributed by atoms with E-state index in [1.165, 1.54) is 49.4 Å². The highest BCUT2D eigenvalue weighted by molar-refractivity contribution is 6.09. The van der Waals surface area contributed by atoms with Crippen molar-refractivity contribution in [1.82, 2.24) is 0 Å². The molecule has 0 saturated heterocycles. The molecule has 0 radical (unpaired) electrons. The number of nitrogens with zero attached hydrogens (tertiary/aromatic N) is 1. The van der Waals surface area contributed by atoms with Crippen LogP contribution in [0, 0.1) is 0 Å². The molecule has 0 bridgehead atoms. The van der Waals surface area contributed by atoms with E-state index >= 15 is 0 Å². The van der Waals surface area contributed by atoms with Crippen LogP contribution in [0.2, 0.25) is 0 Å². The quantitative estimate of drug-likeness (QED) is 0.170. The summed E-state index contributed by atoms with van der Waals surface area (Å²) in [6.07, 6.45) is 0. The summed E-state index contributed by atoms with van der Waals surface area (Å²) in [5, 5.41) is 7.25. The van der Waals surface area contributed by atoms with E-state index in [1.807, 2.05) is 12.1 Å². The first-order valence-electron chi connectivity index (χ1n) is 19.4. The van der Waals surface area contributed by atoms with E-state index in [1.54, 1.807) is 0 Å². The minimum absolute atomic E-state index is 0.0608. The van der Waals surface area contributed by atoms with Crippen molar-refractivity contribution < 1.29 is 4.42 Å². The maximum absolute atomic E-state index is 6.42. The highest BCUT2D eigenvalue weighted by atomic mass is 16.3. The van der Waals surface area contributed by atoms with Crippen molar-refractivity contribution >= 4 is 60.5 Å². The molecule has 0 fully saturated rings. The van der Waals surface area contributed by atoms with E-state index in [2.05, 4.69) is 208 Å². The summed E-state index contributed by atoms with van der Waals surface area (Å²) in [5.74, 6) is 0. The summed E-state index contributed by atoms with van der Waals surface area (Å²) in [7, 11) is 0. The largest absolute Gasteiger partial charge is 0.455 e. The first-order valence-corrected chi connectivity index (χ1v) is 19.4. The Bertz CT molecular complexity index is 3030. The Morgan fingerprint density at radius 1 is 0.393 bits per heavy atom. The van der Waals surface area contributed by atoms with Crippen molar-refractivity contribution in [2.45, 2.75) is 26.2 Å². The van der Waals surface area contributed by atoms with Crippen molar-refractivity contribution in [3.8, 4) is 33.4 Å². The normalized spacial score (nSPS) is 11.8. The van der Waals surface area contributed by atoms with E-state index < -0.39 is 0 Å². The van der Waals surface area contributed by atoms with Crippen LogP contribution < -0.4 is 4.90 Å². The fourth-order valence-corrected chi connectivity index (χ4v) is 8.24. The zero-order valence-electron chi connectivity index (χ0n) is 31.8. The number of anilines is 3. The first kappa shape index (κ1) is 33.7. The van der Waals surface area contributed by atoms with Gasteiger partial charge in [0.05, 0.1) is 5.69 Å². The lowest BCUT2D eigenvalue weighted by Gasteiger charge is -2.28. The zero-order valence-corrected chi connectivity index (χ0v) is 31.8. The van der Waals surface area contributed by atoms with Crippen LogP contribution in [0.1, 0.15) is 26.3 Å². The van der Waals surface area contributed by atoms with Crippen LogP contribution in [0.4, 0.5) is 17.1 Å². The van der Waals surface area contributed by atoms with Crippen molar-refractivity contribution in [3.63, 3.8) is 0 Å². The molecule has 0 spiro atoms. The number of hydrogen-bond donors (Lipinski definition) is 0. The Morgan fingerprint density at radius 2 is 0.929 bits per heavy atom. The lowest BCUT2D eigenvalue weighted by atomic mass is 9.85. The van der Waals surface area contributed by atoms with Gasteiger partial charge >= 0.3 is 0 Å². The molecule has 0 atom stereocenters. The molecule has 0 unspecified atom stereocenters. The highest BCUT2D eigenvalue weighted by Gasteiger charge is 2.19. The summed E-state index contributed by atoms with van der Waals surface area (Å²) in [6, 6.07) is 70.3. The van der Waals surface area contributed by atoms with Gasteiger partial charge in [-0.15, -0.1) is 0 Å². The molecule has 0 N–H and O–H groups in total. The number of furan rings is 1. The second kappa shape index (κ2) is 13.4. The summed E-state index contributed by atoms with van der Waals surface area (Å²) >= 11 is 0. The van der Waals surface area contributed by atoms with Crippen LogP contribution in [0.25, 0.3) is 76.9 Å². The van der Waals surface area contributed by atoms with Crippen molar-refractivity contribution in [3.05, 3.63) is 200 Å². The molecule has 2 heteroatoms. The van der Waals surface area contributed by atoms with Gasteiger partial charge in [0, 0.05) is 33.1 Å². The highest BCUT2D eigenvalue weighted by Crippen LogP contribution is 2.42. The van der Waals surface area contributed by atoms with Crippen molar-refractivity contribution in [2.75, 3.05) is 4.90 Å². The van der Waals surface area contributed by atoms with Gasteiger partial charge in [0.15, 0.2) is 0 Å². The first-order chi connectivity index (χ1) is 27.4. The molecule has 9 aromatic carbocycles. The Morgan fingerprint density at radius 3 is 1.68 bits per heavy atom. The molecule has 56 heavy (non-hydrogen) atoms. The fourth-order valence-electron chi connectivity index (χ4n) is 8.24. The SMILES string of the molecule is CC(C)(C)c1ccc2c(N(c3ccc(-c4ccc(-c5cccc6ccccc56)cc4)cc3)c3ccc(-c4cccc5c4oc4ccccc45)cc3)cccc2c1. The van der Waals surface area contributed by atoms with Gasteiger partial charge < -0.3 is 9.32 Å². The molecule has 1 aromatic heterocycles. The van der Waals surface area contributed by atoms with Gasteiger partial charge in [-0.2, -0.15) is 0 Å². The Hall–Kier alpha value is -6.90. The van der Waals surface area contributed by atoms with Gasteiger partial charge in [0.25, 0.3) is 0 Å². The number of hydrogen-bond acceptors (Lipinski definition) is 2. The smallest absolute Gasteiger partial charge is 0.143 e. The van der Waals surface area contributed by atoms with E-state index in [0.717, 1.165) is 50.1 Å². The predicted octanol–water partition coefficient (Wildman–Crippen LogP) is 15.7. The summed E-state index contributed by atoms with van der Waals surface area (Å²) in [4.78, 5) is 2.39. The van der Waals surface area contributed by atoms with Gasteiger partial charge in [-0.1, -0.05) is 178 Å². The van der Waals surface area contributed by atoms with E-state index in [-0.39, 0.29) is 5.41 Å². The van der Waals surface area contributed by atoms with Crippen molar-refractivity contribution in [1.29, 1.82) is 0 Å². The van der Waals surface area contributed by atoms with Crippen molar-refractivity contribution in [2.24, 2.45) is 0 Å². The van der Waals surface area contributed by atoms with Gasteiger partial charge in [0.1, 0.15) is 11.2 Å². The topological polar surface area (TPSA) is 16.4 Å². The number of para-hydroxylation sites is 2. The van der Waals surface area contributed by atoms with Gasteiger partial charge in [0.2, 0.25) is 0 Å². The second-order valence-electron chi connectivity index (χ2n) is 15.8. The van der Waals surface area contributed by atoms with Crippen LogP contribution in [0.15, 0.2) is 199 Å². The second-order valence-corrected chi connectivity index (χ2v) is 15.8. The van der Waals surface area contributed by atoms with E-state index in [0.29, 0.717) is 0 Å². The maximum atomic E-state index is 6.42. The predicted molar refractivity (Wildman–Crippen MR) is 238 cm³/mol. The van der Waals surface area contributed by atoms with E-state index in [9.17, 15) is 0 Å². The third-order valence-electron chi connectivity index (χ3n) is 11.2. The molecule has 10 aromatic rings. The van der Waals surface area contributed by atoms with E-state index in [4.69, 9.17) is 4.42 Å². The minimum atomic E-state index is 0.0608. The van der Waals surface area contributed by atoms with Gasteiger partial charge in [-0.05, 0) is 91.4 Å². The summed E-state index contributed by atoms with van der Waals surface area (Å²) in [5.41, 5.74) is 13.6. The molecular formula is C54H41NO. The summed E-state index contributed by atoms with van der Waals surface area (Å²) in [6.45, 7) is 6.82. The monoisotopic (exact) mass is 719 g/mol. The average molecular weight is 720 g/mol. The number of benzene rings is 9. The molecule has 1 heterocycles. The molecule has 10 rings (SSSR count). The van der Waals surface area contributed by atoms with Crippen LogP contribution in [0.5, 0.6) is 0 Å².